The number of thiophene rings is 1. The van der Waals surface area contributed by atoms with Gasteiger partial charge in [-0.2, -0.15) is 11.3 Å². The standard InChI is InChI=1S/C15H16BrFS/c16-10-14(2-1-13-7-8-18-11-13)9-12-3-5-15(17)6-4-12/h3-8,11,14H,1-2,9-10H2. The number of rotatable bonds is 6. The van der Waals surface area contributed by atoms with Crippen molar-refractivity contribution in [3.05, 3.63) is 58.0 Å². The van der Waals surface area contributed by atoms with Gasteiger partial charge in [-0.15, -0.1) is 0 Å². The zero-order valence-electron chi connectivity index (χ0n) is 10.1. The molecule has 3 heteroatoms. The van der Waals surface area contributed by atoms with Gasteiger partial charge in [0, 0.05) is 5.33 Å². The molecule has 0 amide bonds. The van der Waals surface area contributed by atoms with Crippen LogP contribution in [0.15, 0.2) is 41.1 Å². The highest BCUT2D eigenvalue weighted by Crippen LogP contribution is 2.19. The Morgan fingerprint density at radius 1 is 1.11 bits per heavy atom. The minimum Gasteiger partial charge on any atom is -0.207 e. The van der Waals surface area contributed by atoms with Crippen LogP contribution in [0.3, 0.4) is 0 Å². The number of aryl methyl sites for hydroxylation is 1. The molecule has 0 fully saturated rings. The van der Waals surface area contributed by atoms with Crippen LogP contribution in [-0.4, -0.2) is 5.33 Å². The van der Waals surface area contributed by atoms with Crippen LogP contribution in [0.2, 0.25) is 0 Å². The smallest absolute Gasteiger partial charge is 0.123 e. The Bertz CT molecular complexity index is 450. The van der Waals surface area contributed by atoms with E-state index in [0.29, 0.717) is 5.92 Å². The van der Waals surface area contributed by atoms with Gasteiger partial charge in [0.15, 0.2) is 0 Å². The topological polar surface area (TPSA) is 0 Å². The second kappa shape index (κ2) is 7.05. The normalized spacial score (nSPS) is 12.6. The molecule has 96 valence electrons. The molecule has 0 spiro atoms. The molecule has 0 N–H and O–H groups in total. The van der Waals surface area contributed by atoms with E-state index in [2.05, 4.69) is 32.8 Å². The summed E-state index contributed by atoms with van der Waals surface area (Å²) in [6.45, 7) is 0. The SMILES string of the molecule is Fc1ccc(CC(CBr)CCc2ccsc2)cc1. The minimum absolute atomic E-state index is 0.160. The van der Waals surface area contributed by atoms with Crippen LogP contribution in [0.4, 0.5) is 4.39 Å². The summed E-state index contributed by atoms with van der Waals surface area (Å²) in [6, 6.07) is 9.04. The molecular weight excluding hydrogens is 311 g/mol. The Hall–Kier alpha value is -0.670. The Morgan fingerprint density at radius 2 is 1.89 bits per heavy atom. The third-order valence-electron chi connectivity index (χ3n) is 3.08. The van der Waals surface area contributed by atoms with Crippen LogP contribution in [0, 0.1) is 11.7 Å². The van der Waals surface area contributed by atoms with E-state index in [1.54, 1.807) is 23.5 Å². The molecule has 1 heterocycles. The molecule has 2 aromatic rings. The van der Waals surface area contributed by atoms with E-state index in [1.165, 1.54) is 17.5 Å². The largest absolute Gasteiger partial charge is 0.207 e. The summed E-state index contributed by atoms with van der Waals surface area (Å²) in [4.78, 5) is 0. The first-order valence-corrected chi connectivity index (χ1v) is 8.16. The molecule has 1 unspecified atom stereocenters. The van der Waals surface area contributed by atoms with Crippen molar-refractivity contribution in [1.29, 1.82) is 0 Å². The lowest BCUT2D eigenvalue weighted by Gasteiger charge is -2.13. The van der Waals surface area contributed by atoms with E-state index in [9.17, 15) is 4.39 Å². The van der Waals surface area contributed by atoms with Crippen LogP contribution in [0.25, 0.3) is 0 Å². The maximum Gasteiger partial charge on any atom is 0.123 e. The Labute approximate surface area is 120 Å². The zero-order valence-corrected chi connectivity index (χ0v) is 12.5. The highest BCUT2D eigenvalue weighted by Gasteiger charge is 2.09. The molecule has 0 bridgehead atoms. The maximum atomic E-state index is 12.8. The molecule has 0 saturated heterocycles. The average molecular weight is 327 g/mol. The summed E-state index contributed by atoms with van der Waals surface area (Å²) in [5.41, 5.74) is 2.64. The lowest BCUT2D eigenvalue weighted by atomic mass is 9.95. The second-order valence-corrected chi connectivity index (χ2v) is 5.95. The van der Waals surface area contributed by atoms with Gasteiger partial charge in [-0.3, -0.25) is 0 Å². The van der Waals surface area contributed by atoms with Crippen molar-refractivity contribution in [2.75, 3.05) is 5.33 Å². The number of halogens is 2. The third-order valence-corrected chi connectivity index (χ3v) is 4.72. The predicted octanol–water partition coefficient (Wildman–Crippen LogP) is 5.07. The monoisotopic (exact) mass is 326 g/mol. The fourth-order valence-corrected chi connectivity index (χ4v) is 3.25. The van der Waals surface area contributed by atoms with Gasteiger partial charge in [-0.25, -0.2) is 4.39 Å². The zero-order chi connectivity index (χ0) is 12.8. The average Bonchev–Trinajstić information content (AvgIpc) is 2.90. The van der Waals surface area contributed by atoms with Crippen LogP contribution in [-0.2, 0) is 12.8 Å². The number of hydrogen-bond donors (Lipinski definition) is 0. The second-order valence-electron chi connectivity index (χ2n) is 4.52. The molecule has 18 heavy (non-hydrogen) atoms. The van der Waals surface area contributed by atoms with E-state index >= 15 is 0 Å². The van der Waals surface area contributed by atoms with Gasteiger partial charge < -0.3 is 0 Å². The molecule has 0 aliphatic heterocycles. The maximum absolute atomic E-state index is 12.8. The van der Waals surface area contributed by atoms with Gasteiger partial charge >= 0.3 is 0 Å². The quantitative estimate of drug-likeness (QED) is 0.650. The molecule has 1 aromatic carbocycles. The van der Waals surface area contributed by atoms with Gasteiger partial charge in [0.25, 0.3) is 0 Å². The molecule has 0 saturated carbocycles. The fourth-order valence-electron chi connectivity index (χ4n) is 1.99. The lowest BCUT2D eigenvalue weighted by Crippen LogP contribution is -2.07. The van der Waals surface area contributed by atoms with Gasteiger partial charge in [-0.05, 0) is 65.3 Å². The molecule has 0 aliphatic carbocycles. The molecule has 0 aliphatic rings. The van der Waals surface area contributed by atoms with Crippen molar-refractivity contribution >= 4 is 27.3 Å². The first kappa shape index (κ1) is 13.8. The number of alkyl halides is 1. The summed E-state index contributed by atoms with van der Waals surface area (Å²) in [6.07, 6.45) is 3.30. The third kappa shape index (κ3) is 4.21. The van der Waals surface area contributed by atoms with Crippen molar-refractivity contribution in [1.82, 2.24) is 0 Å². The van der Waals surface area contributed by atoms with E-state index in [0.717, 1.165) is 18.2 Å². The van der Waals surface area contributed by atoms with Gasteiger partial charge in [0.1, 0.15) is 5.82 Å². The molecule has 1 aromatic heterocycles. The van der Waals surface area contributed by atoms with Gasteiger partial charge in [-0.1, -0.05) is 28.1 Å². The molecule has 0 nitrogen and oxygen atoms in total. The fraction of sp³-hybridized carbons (Fsp3) is 0.333. The Morgan fingerprint density at radius 3 is 2.50 bits per heavy atom. The van der Waals surface area contributed by atoms with Crippen molar-refractivity contribution < 1.29 is 4.39 Å². The molecule has 1 atom stereocenters. The van der Waals surface area contributed by atoms with Crippen molar-refractivity contribution in [2.24, 2.45) is 5.92 Å². The van der Waals surface area contributed by atoms with Crippen LogP contribution >= 0.6 is 27.3 Å². The molecule has 0 radical (unpaired) electrons. The molecular formula is C15H16BrFS. The predicted molar refractivity (Wildman–Crippen MR) is 80.0 cm³/mol. The lowest BCUT2D eigenvalue weighted by molar-refractivity contribution is 0.542. The summed E-state index contributed by atoms with van der Waals surface area (Å²) in [7, 11) is 0. The van der Waals surface area contributed by atoms with Crippen LogP contribution in [0.5, 0.6) is 0 Å². The van der Waals surface area contributed by atoms with Gasteiger partial charge in [0.2, 0.25) is 0 Å². The minimum atomic E-state index is -0.160. The summed E-state index contributed by atoms with van der Waals surface area (Å²) < 4.78 is 12.8. The number of hydrogen-bond acceptors (Lipinski definition) is 1. The first-order chi connectivity index (χ1) is 8.78. The van der Waals surface area contributed by atoms with Crippen molar-refractivity contribution in [3.8, 4) is 0 Å². The van der Waals surface area contributed by atoms with E-state index < -0.39 is 0 Å². The summed E-state index contributed by atoms with van der Waals surface area (Å²) >= 11 is 5.33. The Kier molecular flexibility index (Phi) is 5.39. The van der Waals surface area contributed by atoms with E-state index in [1.807, 2.05) is 12.1 Å². The Balaban J connectivity index is 1.87. The molecule has 2 rings (SSSR count). The van der Waals surface area contributed by atoms with Crippen molar-refractivity contribution in [2.45, 2.75) is 19.3 Å². The van der Waals surface area contributed by atoms with E-state index in [-0.39, 0.29) is 5.82 Å². The highest BCUT2D eigenvalue weighted by molar-refractivity contribution is 9.09. The van der Waals surface area contributed by atoms with E-state index in [4.69, 9.17) is 0 Å². The van der Waals surface area contributed by atoms with Crippen LogP contribution in [0.1, 0.15) is 17.5 Å². The summed E-state index contributed by atoms with van der Waals surface area (Å²) in [5, 5.41) is 5.33. The summed E-state index contributed by atoms with van der Waals surface area (Å²) in [5.74, 6) is 0.447. The van der Waals surface area contributed by atoms with Crippen LogP contribution < -0.4 is 0 Å². The highest BCUT2D eigenvalue weighted by atomic mass is 79.9. The van der Waals surface area contributed by atoms with Crippen molar-refractivity contribution in [3.63, 3.8) is 0 Å². The number of benzene rings is 1. The first-order valence-electron chi connectivity index (χ1n) is 6.09. The van der Waals surface area contributed by atoms with Gasteiger partial charge in [0.05, 0.1) is 0 Å².